The van der Waals surface area contributed by atoms with Gasteiger partial charge in [0.15, 0.2) is 0 Å². The number of allylic oxidation sites excluding steroid dienone is 12. The van der Waals surface area contributed by atoms with Crippen LogP contribution in [-0.4, -0.2) is 0 Å². The first-order valence-corrected chi connectivity index (χ1v) is 34.8. The number of thioether (sulfide) groups is 6. The summed E-state index contributed by atoms with van der Waals surface area (Å²) in [6.07, 6.45) is 25.4. The van der Waals surface area contributed by atoms with Gasteiger partial charge in [-0.3, -0.25) is 0 Å². The minimum Gasteiger partial charge on any atom is -0.0948 e. The maximum absolute atomic E-state index is 6.02. The summed E-state index contributed by atoms with van der Waals surface area (Å²) in [4.78, 5) is 16.5. The number of halogens is 6. The van der Waals surface area contributed by atoms with Gasteiger partial charge in [-0.15, -0.1) is 0 Å². The molecule has 0 aliphatic heterocycles. The Morgan fingerprint density at radius 2 is 0.593 bits per heavy atom. The van der Waals surface area contributed by atoms with Crippen molar-refractivity contribution in [3.63, 3.8) is 0 Å². The third kappa shape index (κ3) is 14.1. The summed E-state index contributed by atoms with van der Waals surface area (Å²) >= 11 is 47.5. The highest BCUT2D eigenvalue weighted by atomic mass is 35.5. The largest absolute Gasteiger partial charge is 0.0948 e. The van der Waals surface area contributed by atoms with E-state index in [1.807, 2.05) is 143 Å². The van der Waals surface area contributed by atoms with Crippen molar-refractivity contribution in [3.05, 3.63) is 242 Å². The van der Waals surface area contributed by atoms with Crippen LogP contribution < -0.4 is 0 Å². The number of benzene rings is 6. The van der Waals surface area contributed by atoms with Gasteiger partial charge in [0.05, 0.1) is 0 Å². The van der Waals surface area contributed by atoms with Gasteiger partial charge in [0.1, 0.15) is 0 Å². The lowest BCUT2D eigenvalue weighted by atomic mass is 9.67. The lowest BCUT2D eigenvalue weighted by molar-refractivity contribution is 0.179. The summed E-state index contributed by atoms with van der Waals surface area (Å²) in [5, 5.41) is 4.75. The van der Waals surface area contributed by atoms with E-state index in [1.165, 1.54) is 65.2 Å². The average Bonchev–Trinajstić information content (AvgIpc) is 4.18. The highest BCUT2D eigenvalue weighted by molar-refractivity contribution is 8.04. The van der Waals surface area contributed by atoms with E-state index in [9.17, 15) is 0 Å². The predicted octanol–water partition coefficient (Wildman–Crippen LogP) is 26.6. The van der Waals surface area contributed by atoms with Crippen LogP contribution in [0.1, 0.15) is 99.3 Å². The SMILES string of the molecule is CCC12C=C(Sc3ccc(Cl)cc3)CC1(C)C=C(Sc1ccc(Cl)cc1)C2.CCC12C=C(Sc3ccc(Cl)cc3)CC1(C)CC(Sc1ccc(Cl)cc1)=C2.CCC12CC(Sc3ccc(Cl)cc3)=CC1(C)C=C(Sc1ccc(Cl)cc1)C2. The Balaban J connectivity index is 0.000000136. The molecular weight excluding hydrogens is 1230 g/mol. The number of hydrogen-bond donors (Lipinski definition) is 0. The highest BCUT2D eigenvalue weighted by Gasteiger charge is 2.55. The van der Waals surface area contributed by atoms with Crippen molar-refractivity contribution in [1.29, 1.82) is 0 Å². The molecule has 12 heteroatoms. The zero-order valence-corrected chi connectivity index (χ0v) is 55.8. The van der Waals surface area contributed by atoms with Gasteiger partial charge >= 0.3 is 0 Å². The van der Waals surface area contributed by atoms with Gasteiger partial charge in [-0.05, 0) is 244 Å². The van der Waals surface area contributed by atoms with Gasteiger partial charge in [-0.25, -0.2) is 0 Å². The Kier molecular flexibility index (Phi) is 19.7. The van der Waals surface area contributed by atoms with Crippen LogP contribution in [0.2, 0.25) is 30.1 Å². The van der Waals surface area contributed by atoms with E-state index in [4.69, 9.17) is 69.6 Å². The molecule has 2 unspecified atom stereocenters. The summed E-state index contributed by atoms with van der Waals surface area (Å²) in [5.74, 6) is 0. The molecule has 81 heavy (non-hydrogen) atoms. The van der Waals surface area contributed by atoms with Crippen molar-refractivity contribution in [2.45, 2.75) is 129 Å². The van der Waals surface area contributed by atoms with Crippen LogP contribution in [0, 0.1) is 32.5 Å². The van der Waals surface area contributed by atoms with Gasteiger partial charge in [0, 0.05) is 81.2 Å². The summed E-state index contributed by atoms with van der Waals surface area (Å²) < 4.78 is 0. The smallest absolute Gasteiger partial charge is 0.0406 e. The minimum atomic E-state index is 0.130. The molecule has 0 amide bonds. The fourth-order valence-corrected chi connectivity index (χ4v) is 21.0. The molecule has 0 fully saturated rings. The Bertz CT molecular complexity index is 3280. The fraction of sp³-hybridized carbons (Fsp3) is 0.304. The Hall–Kier alpha value is -2.40. The maximum Gasteiger partial charge on any atom is 0.0406 e. The van der Waals surface area contributed by atoms with Crippen molar-refractivity contribution in [3.8, 4) is 0 Å². The lowest BCUT2D eigenvalue weighted by Crippen LogP contribution is -2.29. The van der Waals surface area contributed by atoms with Crippen molar-refractivity contribution >= 4 is 140 Å². The number of fused-ring (bicyclic) bond motifs is 3. The summed E-state index contributed by atoms with van der Waals surface area (Å²) in [7, 11) is 0. The second-order valence-electron chi connectivity index (χ2n) is 22.9. The van der Waals surface area contributed by atoms with E-state index in [0.29, 0.717) is 5.41 Å². The quantitative estimate of drug-likeness (QED) is 0.0998. The molecule has 0 saturated carbocycles. The van der Waals surface area contributed by atoms with Crippen LogP contribution in [0.5, 0.6) is 0 Å². The first-order chi connectivity index (χ1) is 38.7. The Labute approximate surface area is 537 Å². The molecule has 0 N–H and O–H groups in total. The molecule has 0 saturated heterocycles. The van der Waals surface area contributed by atoms with Crippen LogP contribution in [0.25, 0.3) is 0 Å². The molecule has 0 bridgehead atoms. The molecule has 0 spiro atoms. The minimum absolute atomic E-state index is 0.130. The molecule has 0 nitrogen and oxygen atoms in total. The fourth-order valence-electron chi connectivity index (χ4n) is 12.9. The molecular formula is C69H66Cl6S6. The number of hydrogen-bond acceptors (Lipinski definition) is 6. The number of rotatable bonds is 15. The molecule has 6 aliphatic carbocycles. The van der Waals surface area contributed by atoms with Gasteiger partial charge in [0.25, 0.3) is 0 Å². The molecule has 420 valence electrons. The van der Waals surface area contributed by atoms with Crippen LogP contribution in [0.3, 0.4) is 0 Å². The predicted molar refractivity (Wildman–Crippen MR) is 363 cm³/mol. The third-order valence-corrected chi connectivity index (χ3v) is 25.2. The van der Waals surface area contributed by atoms with E-state index in [-0.39, 0.29) is 27.1 Å². The first kappa shape index (κ1) is 61.7. The van der Waals surface area contributed by atoms with Gasteiger partial charge < -0.3 is 0 Å². The van der Waals surface area contributed by atoms with Crippen LogP contribution in [-0.2, 0) is 0 Å². The van der Waals surface area contributed by atoms with Gasteiger partial charge in [-0.2, -0.15) is 0 Å². The zero-order valence-electron chi connectivity index (χ0n) is 46.4. The first-order valence-electron chi connectivity index (χ1n) is 27.7. The molecule has 0 heterocycles. The zero-order chi connectivity index (χ0) is 57.2. The van der Waals surface area contributed by atoms with Crippen LogP contribution in [0.15, 0.2) is 241 Å². The third-order valence-electron chi connectivity index (χ3n) is 17.5. The molecule has 12 rings (SSSR count). The summed E-state index contributed by atoms with van der Waals surface area (Å²) in [6.45, 7) is 14.3. The Morgan fingerprint density at radius 1 is 0.309 bits per heavy atom. The molecule has 2 atom stereocenters. The van der Waals surface area contributed by atoms with Crippen molar-refractivity contribution in [1.82, 2.24) is 0 Å². The van der Waals surface area contributed by atoms with Crippen LogP contribution in [0.4, 0.5) is 0 Å². The molecule has 0 radical (unpaired) electrons. The van der Waals surface area contributed by atoms with Crippen molar-refractivity contribution in [2.75, 3.05) is 0 Å². The molecule has 6 aromatic rings. The van der Waals surface area contributed by atoms with E-state index in [2.05, 4.69) is 151 Å². The maximum atomic E-state index is 6.02. The van der Waals surface area contributed by atoms with E-state index < -0.39 is 0 Å². The van der Waals surface area contributed by atoms with Crippen molar-refractivity contribution in [2.24, 2.45) is 32.5 Å². The highest BCUT2D eigenvalue weighted by Crippen LogP contribution is 2.68. The summed E-state index contributed by atoms with van der Waals surface area (Å²) in [5.41, 5.74) is 1.30. The van der Waals surface area contributed by atoms with E-state index in [0.717, 1.165) is 81.5 Å². The van der Waals surface area contributed by atoms with E-state index >= 15 is 0 Å². The molecule has 6 aromatic carbocycles. The van der Waals surface area contributed by atoms with Crippen molar-refractivity contribution < 1.29 is 0 Å². The molecule has 6 aliphatic rings. The van der Waals surface area contributed by atoms with Gasteiger partial charge in [0.2, 0.25) is 0 Å². The second-order valence-corrected chi connectivity index (χ2v) is 32.7. The van der Waals surface area contributed by atoms with Crippen LogP contribution >= 0.6 is 140 Å². The van der Waals surface area contributed by atoms with Gasteiger partial charge in [-0.1, -0.05) is 218 Å². The van der Waals surface area contributed by atoms with E-state index in [1.54, 1.807) is 0 Å². The monoisotopic (exact) mass is 1300 g/mol. The summed E-state index contributed by atoms with van der Waals surface area (Å²) in [6, 6.07) is 49.0. The average molecular weight is 1300 g/mol. The normalized spacial score (nSPS) is 26.7. The lowest BCUT2D eigenvalue weighted by Gasteiger charge is -2.36. The second kappa shape index (κ2) is 25.9. The molecule has 0 aromatic heterocycles. The standard InChI is InChI=1S/3C23H22Cl2S2/c3*1-3-23-14-20(26-18-8-4-16(24)5-9-18)12-22(23,2)13-21(15-23)27-19-10-6-17(25)7-11-19/h4-11,14-15H,3,12-13H2,1-2H3;4-12,15H,3,13-14H2,1-2H3;4-13H,3,14-15H2,1-2H3. The Morgan fingerprint density at radius 3 is 0.840 bits per heavy atom. The topological polar surface area (TPSA) is 0 Å².